The van der Waals surface area contributed by atoms with E-state index < -0.39 is 9.76 Å². The van der Waals surface area contributed by atoms with E-state index in [1.807, 2.05) is 7.05 Å². The highest BCUT2D eigenvalue weighted by molar-refractivity contribution is 6.29. The zero-order chi connectivity index (χ0) is 7.11. The van der Waals surface area contributed by atoms with Crippen molar-refractivity contribution in [2.45, 2.75) is 6.92 Å². The van der Waals surface area contributed by atoms with E-state index in [1.54, 1.807) is 0 Å². The quantitative estimate of drug-likeness (QED) is 0.288. The Morgan fingerprint density at radius 3 is 2.89 bits per heavy atom. The van der Waals surface area contributed by atoms with Gasteiger partial charge >= 0.3 is 0 Å². The molecule has 9 heavy (non-hydrogen) atoms. The first kappa shape index (κ1) is 8.65. The highest BCUT2D eigenvalue weighted by Crippen LogP contribution is 1.76. The molecule has 0 aromatic heterocycles. The number of hydrogen-bond donors (Lipinski definition) is 0. The van der Waals surface area contributed by atoms with Crippen LogP contribution in [-0.2, 0) is 9.22 Å². The number of nitrogens with zero attached hydrogens (tertiary/aromatic N) is 1. The normalized spacial score (nSPS) is 11.0. The summed E-state index contributed by atoms with van der Waals surface area (Å²) in [7, 11) is 1.43. The van der Waals surface area contributed by atoms with Crippen LogP contribution in [0.5, 0.6) is 0 Å². The average molecular weight is 147 g/mol. The van der Waals surface area contributed by atoms with Crippen LogP contribution in [0.1, 0.15) is 6.92 Å². The molecule has 0 bridgehead atoms. The Morgan fingerprint density at radius 2 is 2.44 bits per heavy atom. The first-order valence-electron chi connectivity index (χ1n) is 3.05. The van der Waals surface area contributed by atoms with Gasteiger partial charge in [-0.1, -0.05) is 6.92 Å². The minimum atomic E-state index is -0.589. The van der Waals surface area contributed by atoms with Crippen molar-refractivity contribution < 1.29 is 9.22 Å². The summed E-state index contributed by atoms with van der Waals surface area (Å²) in [5.74, 6) is 0. The second kappa shape index (κ2) is 5.78. The third-order valence-corrected chi connectivity index (χ3v) is 2.52. The molecular formula is C5H13NO2Si. The molecule has 0 radical (unpaired) electrons. The smallest absolute Gasteiger partial charge is 0.279 e. The largest absolute Gasteiger partial charge is 0.526 e. The molecule has 4 heteroatoms. The molecule has 0 N–H and O–H groups in total. The Balaban J connectivity index is 2.96. The highest BCUT2D eigenvalue weighted by atomic mass is 28.2. The van der Waals surface area contributed by atoms with Crippen LogP contribution in [0.4, 0.5) is 0 Å². The summed E-state index contributed by atoms with van der Waals surface area (Å²) < 4.78 is 4.62. The van der Waals surface area contributed by atoms with Crippen molar-refractivity contribution >= 4 is 16.2 Å². The molecule has 0 spiro atoms. The second-order valence-electron chi connectivity index (χ2n) is 1.86. The number of carbonyl (C=O) groups is 1. The molecule has 0 rings (SSSR count). The Kier molecular flexibility index (Phi) is 5.55. The lowest BCUT2D eigenvalue weighted by atomic mass is 10.7. The van der Waals surface area contributed by atoms with E-state index in [0.717, 1.165) is 12.7 Å². The van der Waals surface area contributed by atoms with Crippen LogP contribution < -0.4 is 0 Å². The maximum atomic E-state index is 9.67. The molecule has 0 aliphatic heterocycles. The van der Waals surface area contributed by atoms with Gasteiger partial charge in [0.1, 0.15) is 0 Å². The van der Waals surface area contributed by atoms with E-state index in [2.05, 4.69) is 16.2 Å². The van der Waals surface area contributed by atoms with Gasteiger partial charge in [0.2, 0.25) is 9.76 Å². The van der Waals surface area contributed by atoms with E-state index in [1.165, 1.54) is 0 Å². The molecule has 0 atom stereocenters. The molecule has 0 aliphatic carbocycles. The summed E-state index contributed by atoms with van der Waals surface area (Å²) in [4.78, 5) is 11.8. The average Bonchev–Trinajstić information content (AvgIpc) is 1.89. The third-order valence-electron chi connectivity index (χ3n) is 1.20. The van der Waals surface area contributed by atoms with Crippen LogP contribution in [-0.4, -0.2) is 40.9 Å². The lowest BCUT2D eigenvalue weighted by Gasteiger charge is -2.10. The summed E-state index contributed by atoms with van der Waals surface area (Å²) in [6.07, 6.45) is 0.954. The van der Waals surface area contributed by atoms with Crippen molar-refractivity contribution in [3.8, 4) is 0 Å². The summed E-state index contributed by atoms with van der Waals surface area (Å²) in [5.41, 5.74) is 0. The van der Waals surface area contributed by atoms with Gasteiger partial charge in [-0.05, 0) is 13.6 Å². The molecular weight excluding hydrogens is 134 g/mol. The predicted octanol–water partition coefficient (Wildman–Crippen LogP) is -0.848. The van der Waals surface area contributed by atoms with E-state index in [9.17, 15) is 4.79 Å². The highest BCUT2D eigenvalue weighted by Gasteiger charge is 1.92. The van der Waals surface area contributed by atoms with Gasteiger partial charge in [0, 0.05) is 6.17 Å². The van der Waals surface area contributed by atoms with Gasteiger partial charge in [-0.15, -0.1) is 0 Å². The standard InChI is InChI=1S/C5H13NO2Si/c1-3-6(2)4-9-8-5-7/h5H,3-4,9H2,1-2H3. The maximum absolute atomic E-state index is 9.67. The van der Waals surface area contributed by atoms with Gasteiger partial charge in [-0.2, -0.15) is 0 Å². The summed E-state index contributed by atoms with van der Waals surface area (Å²) in [6.45, 7) is 3.64. The van der Waals surface area contributed by atoms with Gasteiger partial charge < -0.3 is 9.33 Å². The van der Waals surface area contributed by atoms with Gasteiger partial charge in [-0.3, -0.25) is 4.79 Å². The van der Waals surface area contributed by atoms with Crippen LogP contribution in [0.2, 0.25) is 0 Å². The Hall–Kier alpha value is -0.353. The first-order chi connectivity index (χ1) is 4.31. The van der Waals surface area contributed by atoms with Gasteiger partial charge in [0.15, 0.2) is 0 Å². The van der Waals surface area contributed by atoms with Crippen molar-refractivity contribution in [1.82, 2.24) is 4.90 Å². The molecule has 3 nitrogen and oxygen atoms in total. The second-order valence-corrected chi connectivity index (χ2v) is 3.05. The lowest BCUT2D eigenvalue weighted by molar-refractivity contribution is -0.120. The molecule has 54 valence electrons. The van der Waals surface area contributed by atoms with Crippen LogP contribution >= 0.6 is 0 Å². The van der Waals surface area contributed by atoms with E-state index in [0.29, 0.717) is 6.47 Å². The van der Waals surface area contributed by atoms with Crippen LogP contribution in [0, 0.1) is 0 Å². The van der Waals surface area contributed by atoms with Crippen molar-refractivity contribution in [2.75, 3.05) is 19.8 Å². The van der Waals surface area contributed by atoms with E-state index >= 15 is 0 Å². The Bertz CT molecular complexity index is 79.4. The Labute approximate surface area is 57.9 Å². The zero-order valence-electron chi connectivity index (χ0n) is 5.96. The van der Waals surface area contributed by atoms with E-state index in [-0.39, 0.29) is 0 Å². The molecule has 0 heterocycles. The molecule has 0 saturated heterocycles. The Morgan fingerprint density at radius 1 is 1.78 bits per heavy atom. The van der Waals surface area contributed by atoms with Crippen LogP contribution in [0.3, 0.4) is 0 Å². The first-order valence-corrected chi connectivity index (χ1v) is 4.62. The molecule has 0 amide bonds. The monoisotopic (exact) mass is 147 g/mol. The van der Waals surface area contributed by atoms with Gasteiger partial charge in [0.05, 0.1) is 0 Å². The van der Waals surface area contributed by atoms with Crippen molar-refractivity contribution in [3.05, 3.63) is 0 Å². The minimum Gasteiger partial charge on any atom is -0.526 e. The summed E-state index contributed by atoms with van der Waals surface area (Å²) in [5, 5.41) is 0. The fraction of sp³-hybridized carbons (Fsp3) is 0.800. The number of rotatable bonds is 5. The fourth-order valence-electron chi connectivity index (χ4n) is 0.415. The fourth-order valence-corrected chi connectivity index (χ4v) is 1.24. The third kappa shape index (κ3) is 5.52. The molecule has 0 fully saturated rings. The molecule has 0 aliphatic rings. The molecule has 0 saturated carbocycles. The summed E-state index contributed by atoms with van der Waals surface area (Å²) in [6, 6.07) is 0. The molecule has 0 aromatic carbocycles. The van der Waals surface area contributed by atoms with Crippen molar-refractivity contribution in [3.63, 3.8) is 0 Å². The maximum Gasteiger partial charge on any atom is 0.279 e. The van der Waals surface area contributed by atoms with E-state index in [4.69, 9.17) is 0 Å². The minimum absolute atomic E-state index is 0.537. The van der Waals surface area contributed by atoms with Crippen molar-refractivity contribution in [1.29, 1.82) is 0 Å². The van der Waals surface area contributed by atoms with Crippen LogP contribution in [0.25, 0.3) is 0 Å². The number of hydrogen-bond acceptors (Lipinski definition) is 3. The van der Waals surface area contributed by atoms with Crippen LogP contribution in [0.15, 0.2) is 0 Å². The summed E-state index contributed by atoms with van der Waals surface area (Å²) >= 11 is 0. The molecule has 0 aromatic rings. The SMILES string of the molecule is CCN(C)C[SiH2]OC=O. The lowest BCUT2D eigenvalue weighted by Crippen LogP contribution is -2.24. The van der Waals surface area contributed by atoms with Gasteiger partial charge in [-0.25, -0.2) is 0 Å². The van der Waals surface area contributed by atoms with Gasteiger partial charge in [0.25, 0.3) is 6.47 Å². The predicted molar refractivity (Wildman–Crippen MR) is 38.9 cm³/mol. The van der Waals surface area contributed by atoms with Crippen molar-refractivity contribution in [2.24, 2.45) is 0 Å². The zero-order valence-corrected chi connectivity index (χ0v) is 7.38. The topological polar surface area (TPSA) is 29.5 Å². The number of carbonyl (C=O) groups excluding carboxylic acids is 1. The molecule has 0 unspecified atom stereocenters.